The second kappa shape index (κ2) is 8.69. The van der Waals surface area contributed by atoms with Crippen LogP contribution in [0.15, 0.2) is 144 Å². The molecular weight excluding hydrogens is 518 g/mol. The topological polar surface area (TPSA) is 18.1 Å². The van der Waals surface area contributed by atoms with Crippen LogP contribution in [0.25, 0.3) is 81.1 Å². The van der Waals surface area contributed by atoms with E-state index in [1.165, 1.54) is 48.0 Å². The van der Waals surface area contributed by atoms with Gasteiger partial charge in [0.05, 0.1) is 15.7 Å². The van der Waals surface area contributed by atoms with Gasteiger partial charge in [0.2, 0.25) is 0 Å². The zero-order chi connectivity index (χ0) is 26.9. The van der Waals surface area contributed by atoms with Crippen LogP contribution in [0.3, 0.4) is 0 Å². The van der Waals surface area contributed by atoms with Crippen LogP contribution in [0, 0.1) is 0 Å². The van der Waals surface area contributed by atoms with E-state index in [1.807, 2.05) is 17.4 Å². The van der Waals surface area contributed by atoms with E-state index in [-0.39, 0.29) is 0 Å². The molecule has 0 spiro atoms. The van der Waals surface area contributed by atoms with Gasteiger partial charge in [-0.1, -0.05) is 91.0 Å². The van der Waals surface area contributed by atoms with Gasteiger partial charge in [-0.15, -0.1) is 11.3 Å². The number of hydrogen-bond donors (Lipinski definition) is 0. The summed E-state index contributed by atoms with van der Waals surface area (Å²) in [5.74, 6) is 0. The number of nitrogens with zero attached hydrogens (tertiary/aromatic N) is 1. The third-order valence-electron chi connectivity index (χ3n) is 8.21. The molecule has 2 nitrogen and oxygen atoms in total. The Morgan fingerprint density at radius 1 is 0.512 bits per heavy atom. The first-order valence-corrected chi connectivity index (χ1v) is 14.7. The highest BCUT2D eigenvalue weighted by Crippen LogP contribution is 2.46. The third kappa shape index (κ3) is 3.36. The van der Waals surface area contributed by atoms with E-state index in [2.05, 4.69) is 138 Å². The fourth-order valence-electron chi connectivity index (χ4n) is 6.35. The molecule has 9 rings (SSSR count). The minimum atomic E-state index is 0.912. The Labute approximate surface area is 240 Å². The van der Waals surface area contributed by atoms with Crippen molar-refractivity contribution in [3.63, 3.8) is 0 Å². The van der Waals surface area contributed by atoms with Crippen LogP contribution in [0.4, 0.5) is 0 Å². The van der Waals surface area contributed by atoms with Crippen molar-refractivity contribution in [3.05, 3.63) is 140 Å². The predicted molar refractivity (Wildman–Crippen MR) is 174 cm³/mol. The molecule has 6 aromatic carbocycles. The molecule has 41 heavy (non-hydrogen) atoms. The molecule has 0 bridgehead atoms. The van der Waals surface area contributed by atoms with Crippen molar-refractivity contribution < 1.29 is 4.42 Å². The van der Waals surface area contributed by atoms with Crippen LogP contribution >= 0.6 is 11.3 Å². The lowest BCUT2D eigenvalue weighted by molar-refractivity contribution is 0.669. The number of para-hydroxylation sites is 2. The maximum absolute atomic E-state index is 6.50. The zero-order valence-electron chi connectivity index (χ0n) is 22.0. The highest BCUT2D eigenvalue weighted by Gasteiger charge is 2.20. The smallest absolute Gasteiger partial charge is 0.136 e. The molecule has 0 aliphatic rings. The number of aromatic nitrogens is 1. The standard InChI is InChI=1S/C38H23NOS/c1-3-10-24(11-4-1)25-18-20-29-30-21-19-26(23-34(30)40-33(29)22-25)28-15-9-17-35-36(28)37-38(41-35)31-14-7-8-16-32(31)39(37)27-12-5-2-6-13-27/h1-23H. The number of furan rings is 1. The summed E-state index contributed by atoms with van der Waals surface area (Å²) in [7, 11) is 0. The quantitative estimate of drug-likeness (QED) is 0.217. The molecule has 0 saturated heterocycles. The Bertz CT molecular complexity index is 2410. The van der Waals surface area contributed by atoms with Gasteiger partial charge in [0.15, 0.2) is 0 Å². The van der Waals surface area contributed by atoms with Crippen LogP contribution in [0.2, 0.25) is 0 Å². The first-order chi connectivity index (χ1) is 20.3. The molecular formula is C38H23NOS. The third-order valence-corrected chi connectivity index (χ3v) is 9.39. The van der Waals surface area contributed by atoms with E-state index in [1.54, 1.807) is 0 Å². The fraction of sp³-hybridized carbons (Fsp3) is 0. The average Bonchev–Trinajstić information content (AvgIpc) is 3.69. The van der Waals surface area contributed by atoms with E-state index >= 15 is 0 Å². The first-order valence-electron chi connectivity index (χ1n) is 13.9. The van der Waals surface area contributed by atoms with Gasteiger partial charge in [-0.25, -0.2) is 0 Å². The molecule has 3 heteroatoms. The number of thiophene rings is 1. The average molecular weight is 542 g/mol. The van der Waals surface area contributed by atoms with Crippen molar-refractivity contribution in [2.75, 3.05) is 0 Å². The molecule has 0 saturated carbocycles. The molecule has 192 valence electrons. The van der Waals surface area contributed by atoms with Crippen LogP contribution < -0.4 is 0 Å². The van der Waals surface area contributed by atoms with Crippen molar-refractivity contribution in [1.82, 2.24) is 4.57 Å². The Morgan fingerprint density at radius 3 is 2.00 bits per heavy atom. The minimum Gasteiger partial charge on any atom is -0.456 e. The lowest BCUT2D eigenvalue weighted by Gasteiger charge is -2.10. The first kappa shape index (κ1) is 22.7. The molecule has 0 unspecified atom stereocenters. The van der Waals surface area contributed by atoms with E-state index in [0.717, 1.165) is 33.1 Å². The normalized spacial score (nSPS) is 11.9. The predicted octanol–water partition coefficient (Wildman–Crippen LogP) is 11.2. The molecule has 9 aromatic rings. The molecule has 3 aromatic heterocycles. The molecule has 0 radical (unpaired) electrons. The second-order valence-electron chi connectivity index (χ2n) is 10.5. The van der Waals surface area contributed by atoms with Gasteiger partial charge in [-0.3, -0.25) is 0 Å². The summed E-state index contributed by atoms with van der Waals surface area (Å²) >= 11 is 1.88. The zero-order valence-corrected chi connectivity index (χ0v) is 22.9. The molecule has 0 aliphatic heterocycles. The van der Waals surface area contributed by atoms with Crippen molar-refractivity contribution in [2.45, 2.75) is 0 Å². The molecule has 0 atom stereocenters. The Morgan fingerprint density at radius 2 is 1.20 bits per heavy atom. The highest BCUT2D eigenvalue weighted by atomic mass is 32.1. The maximum atomic E-state index is 6.50. The SMILES string of the molecule is c1ccc(-c2ccc3c(c2)oc2cc(-c4cccc5sc6c7ccccc7n(-c7ccccc7)c6c45)ccc23)cc1. The summed E-state index contributed by atoms with van der Waals surface area (Å²) in [5.41, 5.74) is 10.2. The number of benzene rings is 6. The largest absolute Gasteiger partial charge is 0.456 e. The molecule has 0 aliphatic carbocycles. The molecule has 3 heterocycles. The van der Waals surface area contributed by atoms with Crippen molar-refractivity contribution in [2.24, 2.45) is 0 Å². The van der Waals surface area contributed by atoms with Gasteiger partial charge < -0.3 is 8.98 Å². The molecule has 0 N–H and O–H groups in total. The number of hydrogen-bond acceptors (Lipinski definition) is 2. The number of rotatable bonds is 3. The van der Waals surface area contributed by atoms with Gasteiger partial charge in [0.25, 0.3) is 0 Å². The summed E-state index contributed by atoms with van der Waals surface area (Å²) in [4.78, 5) is 0. The van der Waals surface area contributed by atoms with Gasteiger partial charge in [0.1, 0.15) is 11.2 Å². The van der Waals surface area contributed by atoms with Crippen molar-refractivity contribution in [1.29, 1.82) is 0 Å². The van der Waals surface area contributed by atoms with E-state index < -0.39 is 0 Å². The van der Waals surface area contributed by atoms with Gasteiger partial charge in [-0.05, 0) is 70.8 Å². The summed E-state index contributed by atoms with van der Waals surface area (Å²) < 4.78 is 11.5. The Hall–Kier alpha value is -5.12. The second-order valence-corrected chi connectivity index (χ2v) is 11.6. The van der Waals surface area contributed by atoms with E-state index in [4.69, 9.17) is 4.42 Å². The van der Waals surface area contributed by atoms with E-state index in [0.29, 0.717) is 0 Å². The summed E-state index contributed by atoms with van der Waals surface area (Å²) in [6, 6.07) is 49.8. The van der Waals surface area contributed by atoms with Gasteiger partial charge in [-0.2, -0.15) is 0 Å². The van der Waals surface area contributed by atoms with Crippen molar-refractivity contribution >= 4 is 64.5 Å². The Balaban J connectivity index is 1.29. The lowest BCUT2D eigenvalue weighted by atomic mass is 9.99. The van der Waals surface area contributed by atoms with Crippen LogP contribution in [0.1, 0.15) is 0 Å². The molecule has 0 amide bonds. The van der Waals surface area contributed by atoms with Crippen molar-refractivity contribution in [3.8, 4) is 27.9 Å². The molecule has 0 fully saturated rings. The fourth-order valence-corrected chi connectivity index (χ4v) is 7.60. The summed E-state index contributed by atoms with van der Waals surface area (Å²) in [6.07, 6.45) is 0. The number of fused-ring (bicyclic) bond motifs is 8. The van der Waals surface area contributed by atoms with Crippen LogP contribution in [0.5, 0.6) is 0 Å². The maximum Gasteiger partial charge on any atom is 0.136 e. The van der Waals surface area contributed by atoms with Crippen LogP contribution in [-0.4, -0.2) is 4.57 Å². The Kier molecular flexibility index (Phi) is 4.80. The monoisotopic (exact) mass is 541 g/mol. The van der Waals surface area contributed by atoms with Gasteiger partial charge in [0, 0.05) is 31.9 Å². The summed E-state index contributed by atoms with van der Waals surface area (Å²) in [5, 5.41) is 4.87. The highest BCUT2D eigenvalue weighted by molar-refractivity contribution is 7.26. The summed E-state index contributed by atoms with van der Waals surface area (Å²) in [6.45, 7) is 0. The minimum absolute atomic E-state index is 0.912. The van der Waals surface area contributed by atoms with Crippen LogP contribution in [-0.2, 0) is 0 Å². The lowest BCUT2D eigenvalue weighted by Crippen LogP contribution is -1.93. The van der Waals surface area contributed by atoms with E-state index in [9.17, 15) is 0 Å². The van der Waals surface area contributed by atoms with Gasteiger partial charge >= 0.3 is 0 Å².